The highest BCUT2D eigenvalue weighted by atomic mass is 16.5. The minimum Gasteiger partial charge on any atom is -0.378 e. The molecule has 3 nitrogen and oxygen atoms in total. The second kappa shape index (κ2) is 7.63. The molecule has 0 radical (unpaired) electrons. The van der Waals surface area contributed by atoms with Gasteiger partial charge in [-0.25, -0.2) is 0 Å². The van der Waals surface area contributed by atoms with Gasteiger partial charge in [-0.1, -0.05) is 38.1 Å². The van der Waals surface area contributed by atoms with Gasteiger partial charge in [-0.2, -0.15) is 0 Å². The van der Waals surface area contributed by atoms with E-state index in [1.807, 2.05) is 0 Å². The Hall–Kier alpha value is -0.900. The van der Waals surface area contributed by atoms with E-state index in [0.29, 0.717) is 6.04 Å². The Labute approximate surface area is 116 Å². The van der Waals surface area contributed by atoms with Gasteiger partial charge in [0.15, 0.2) is 0 Å². The van der Waals surface area contributed by atoms with Crippen molar-refractivity contribution in [2.75, 3.05) is 26.3 Å². The molecule has 0 amide bonds. The molecule has 0 saturated carbocycles. The Morgan fingerprint density at radius 3 is 2.79 bits per heavy atom. The number of nitrogens with zero attached hydrogens (tertiary/aromatic N) is 1. The van der Waals surface area contributed by atoms with Crippen LogP contribution >= 0.6 is 0 Å². The van der Waals surface area contributed by atoms with Crippen LogP contribution in [0, 0.1) is 0 Å². The monoisotopic (exact) mass is 262 g/mol. The zero-order valence-electron chi connectivity index (χ0n) is 12.2. The SMILES string of the molecule is CCNCc1ccccc1CN1CCOCC1CC. The predicted molar refractivity (Wildman–Crippen MR) is 79.1 cm³/mol. The molecule has 1 N–H and O–H groups in total. The third-order valence-electron chi connectivity index (χ3n) is 3.88. The van der Waals surface area contributed by atoms with Crippen LogP contribution in [0.1, 0.15) is 31.4 Å². The molecule has 3 heteroatoms. The van der Waals surface area contributed by atoms with Crippen molar-refractivity contribution >= 4 is 0 Å². The molecule has 1 fully saturated rings. The summed E-state index contributed by atoms with van der Waals surface area (Å²) in [6.45, 7) is 10.2. The fraction of sp³-hybridized carbons (Fsp3) is 0.625. The molecular weight excluding hydrogens is 236 g/mol. The molecule has 0 aliphatic carbocycles. The van der Waals surface area contributed by atoms with Crippen molar-refractivity contribution in [3.63, 3.8) is 0 Å². The van der Waals surface area contributed by atoms with Crippen molar-refractivity contribution < 1.29 is 4.74 Å². The molecule has 2 rings (SSSR count). The first-order chi connectivity index (χ1) is 9.35. The maximum Gasteiger partial charge on any atom is 0.0622 e. The number of ether oxygens (including phenoxy) is 1. The number of hydrogen-bond acceptors (Lipinski definition) is 3. The van der Waals surface area contributed by atoms with Gasteiger partial charge in [0.2, 0.25) is 0 Å². The largest absolute Gasteiger partial charge is 0.378 e. The highest BCUT2D eigenvalue weighted by molar-refractivity contribution is 5.27. The van der Waals surface area contributed by atoms with E-state index in [1.54, 1.807) is 0 Å². The maximum absolute atomic E-state index is 5.58. The summed E-state index contributed by atoms with van der Waals surface area (Å²) >= 11 is 0. The van der Waals surface area contributed by atoms with Crippen LogP contribution in [0.3, 0.4) is 0 Å². The smallest absolute Gasteiger partial charge is 0.0622 e. The van der Waals surface area contributed by atoms with E-state index in [9.17, 15) is 0 Å². The topological polar surface area (TPSA) is 24.5 Å². The van der Waals surface area contributed by atoms with Gasteiger partial charge in [-0.05, 0) is 24.1 Å². The van der Waals surface area contributed by atoms with E-state index < -0.39 is 0 Å². The number of hydrogen-bond donors (Lipinski definition) is 1. The second-order valence-electron chi connectivity index (χ2n) is 5.16. The summed E-state index contributed by atoms with van der Waals surface area (Å²) in [5, 5.41) is 3.42. The summed E-state index contributed by atoms with van der Waals surface area (Å²) in [4.78, 5) is 2.56. The molecular formula is C16H26N2O. The fourth-order valence-electron chi connectivity index (χ4n) is 2.64. The van der Waals surface area contributed by atoms with Gasteiger partial charge >= 0.3 is 0 Å². The van der Waals surface area contributed by atoms with Crippen molar-refractivity contribution in [2.24, 2.45) is 0 Å². The highest BCUT2D eigenvalue weighted by Gasteiger charge is 2.21. The molecule has 1 saturated heterocycles. The number of rotatable bonds is 6. The van der Waals surface area contributed by atoms with Crippen LogP contribution in [0.25, 0.3) is 0 Å². The lowest BCUT2D eigenvalue weighted by atomic mass is 10.0. The van der Waals surface area contributed by atoms with E-state index in [-0.39, 0.29) is 0 Å². The molecule has 1 aliphatic heterocycles. The summed E-state index contributed by atoms with van der Waals surface area (Å²) in [6, 6.07) is 9.34. The lowest BCUT2D eigenvalue weighted by Gasteiger charge is -2.35. The lowest BCUT2D eigenvalue weighted by Crippen LogP contribution is -2.44. The summed E-state index contributed by atoms with van der Waals surface area (Å²) in [7, 11) is 0. The molecule has 1 aliphatic rings. The molecule has 0 bridgehead atoms. The van der Waals surface area contributed by atoms with Gasteiger partial charge in [0.25, 0.3) is 0 Å². The third kappa shape index (κ3) is 4.03. The van der Waals surface area contributed by atoms with Gasteiger partial charge in [0, 0.05) is 25.7 Å². The molecule has 1 unspecified atom stereocenters. The highest BCUT2D eigenvalue weighted by Crippen LogP contribution is 2.17. The minimum atomic E-state index is 0.570. The quantitative estimate of drug-likeness (QED) is 0.852. The van der Waals surface area contributed by atoms with E-state index in [2.05, 4.69) is 48.3 Å². The molecule has 1 aromatic rings. The number of morpholine rings is 1. The zero-order valence-corrected chi connectivity index (χ0v) is 12.2. The van der Waals surface area contributed by atoms with Crippen LogP contribution in [-0.2, 0) is 17.8 Å². The van der Waals surface area contributed by atoms with Crippen LogP contribution in [0.15, 0.2) is 24.3 Å². The molecule has 1 atom stereocenters. The zero-order chi connectivity index (χ0) is 13.5. The summed E-state index contributed by atoms with van der Waals surface area (Å²) in [5.74, 6) is 0. The molecule has 0 aromatic heterocycles. The Balaban J connectivity index is 2.04. The number of benzene rings is 1. The Morgan fingerprint density at radius 2 is 2.05 bits per heavy atom. The van der Waals surface area contributed by atoms with Crippen LogP contribution in [0.4, 0.5) is 0 Å². The average Bonchev–Trinajstić information content (AvgIpc) is 2.47. The Kier molecular flexibility index (Phi) is 5.83. The van der Waals surface area contributed by atoms with Crippen LogP contribution in [-0.4, -0.2) is 37.2 Å². The molecule has 1 heterocycles. The third-order valence-corrected chi connectivity index (χ3v) is 3.88. The van der Waals surface area contributed by atoms with Gasteiger partial charge in [-0.3, -0.25) is 4.90 Å². The van der Waals surface area contributed by atoms with E-state index in [4.69, 9.17) is 4.74 Å². The normalized spacial score (nSPS) is 20.6. The van der Waals surface area contributed by atoms with Crippen molar-refractivity contribution in [3.05, 3.63) is 35.4 Å². The fourth-order valence-corrected chi connectivity index (χ4v) is 2.64. The van der Waals surface area contributed by atoms with Gasteiger partial charge < -0.3 is 10.1 Å². The maximum atomic E-state index is 5.58. The van der Waals surface area contributed by atoms with Crippen molar-refractivity contribution in [1.82, 2.24) is 10.2 Å². The van der Waals surface area contributed by atoms with E-state index in [0.717, 1.165) is 45.8 Å². The van der Waals surface area contributed by atoms with Crippen LogP contribution < -0.4 is 5.32 Å². The Morgan fingerprint density at radius 1 is 1.26 bits per heavy atom. The molecule has 19 heavy (non-hydrogen) atoms. The van der Waals surface area contributed by atoms with Gasteiger partial charge in [0.05, 0.1) is 13.2 Å². The molecule has 106 valence electrons. The van der Waals surface area contributed by atoms with Crippen molar-refractivity contribution in [3.8, 4) is 0 Å². The van der Waals surface area contributed by atoms with Crippen molar-refractivity contribution in [2.45, 2.75) is 39.4 Å². The van der Waals surface area contributed by atoms with Crippen LogP contribution in [0.5, 0.6) is 0 Å². The summed E-state index contributed by atoms with van der Waals surface area (Å²) < 4.78 is 5.58. The van der Waals surface area contributed by atoms with E-state index in [1.165, 1.54) is 11.1 Å². The molecule has 1 aromatic carbocycles. The first-order valence-electron chi connectivity index (χ1n) is 7.44. The first-order valence-corrected chi connectivity index (χ1v) is 7.44. The van der Waals surface area contributed by atoms with Crippen LogP contribution in [0.2, 0.25) is 0 Å². The average molecular weight is 262 g/mol. The summed E-state index contributed by atoms with van der Waals surface area (Å²) in [5.41, 5.74) is 2.87. The lowest BCUT2D eigenvalue weighted by molar-refractivity contribution is -0.0128. The van der Waals surface area contributed by atoms with Crippen molar-refractivity contribution in [1.29, 1.82) is 0 Å². The van der Waals surface area contributed by atoms with E-state index >= 15 is 0 Å². The minimum absolute atomic E-state index is 0.570. The second-order valence-corrected chi connectivity index (χ2v) is 5.16. The predicted octanol–water partition coefficient (Wildman–Crippen LogP) is 2.41. The molecule has 0 spiro atoms. The van der Waals surface area contributed by atoms with Gasteiger partial charge in [-0.15, -0.1) is 0 Å². The van der Waals surface area contributed by atoms with Gasteiger partial charge in [0.1, 0.15) is 0 Å². The standard InChI is InChI=1S/C16H26N2O/c1-3-16-13-19-10-9-18(16)12-15-8-6-5-7-14(15)11-17-4-2/h5-8,16-17H,3-4,9-13H2,1-2H3. The number of nitrogens with one attached hydrogen (secondary N) is 1. The Bertz CT molecular complexity index is 381. The summed E-state index contributed by atoms with van der Waals surface area (Å²) in [6.07, 6.45) is 1.16. The first kappa shape index (κ1) is 14.5.